The van der Waals surface area contributed by atoms with Gasteiger partial charge in [0, 0.05) is 18.8 Å². The van der Waals surface area contributed by atoms with Gasteiger partial charge in [-0.1, -0.05) is 18.2 Å². The van der Waals surface area contributed by atoms with Gasteiger partial charge in [0.1, 0.15) is 18.5 Å². The standard InChI is InChI=1S/C17H19FN4O3/c18-13-10-22(9-7-14(13)20-15(24)11-23)17-19-8-6-16(21-17)25-12-4-2-1-3-5-12/h1-6,8,13-14,23H,7,9-11H2,(H,20,24). The van der Waals surface area contributed by atoms with Crippen molar-refractivity contribution in [1.82, 2.24) is 15.3 Å². The SMILES string of the molecule is O=C(CO)NC1CCN(c2nccc(Oc3ccccc3)n2)CC1F. The number of amides is 1. The maximum Gasteiger partial charge on any atom is 0.246 e. The normalized spacial score (nSPS) is 20.2. The molecule has 0 aliphatic carbocycles. The van der Waals surface area contributed by atoms with Crippen LogP contribution in [0.3, 0.4) is 0 Å². The van der Waals surface area contributed by atoms with E-state index >= 15 is 0 Å². The van der Waals surface area contributed by atoms with Crippen molar-refractivity contribution < 1.29 is 19.0 Å². The molecule has 1 aromatic heterocycles. The molecule has 8 heteroatoms. The maximum atomic E-state index is 14.3. The molecule has 1 aliphatic heterocycles. The van der Waals surface area contributed by atoms with Gasteiger partial charge in [0.15, 0.2) is 0 Å². The van der Waals surface area contributed by atoms with Crippen molar-refractivity contribution in [3.8, 4) is 11.6 Å². The van der Waals surface area contributed by atoms with Crippen LogP contribution in [0.15, 0.2) is 42.6 Å². The topological polar surface area (TPSA) is 87.6 Å². The highest BCUT2D eigenvalue weighted by molar-refractivity contribution is 5.77. The summed E-state index contributed by atoms with van der Waals surface area (Å²) in [6.45, 7) is -0.0916. The van der Waals surface area contributed by atoms with Gasteiger partial charge in [0.2, 0.25) is 17.7 Å². The molecule has 1 aliphatic rings. The Labute approximate surface area is 144 Å². The summed E-state index contributed by atoms with van der Waals surface area (Å²) in [5, 5.41) is 11.2. The maximum absolute atomic E-state index is 14.3. The van der Waals surface area contributed by atoms with Crippen LogP contribution in [0.1, 0.15) is 6.42 Å². The van der Waals surface area contributed by atoms with Gasteiger partial charge in [-0.3, -0.25) is 4.79 Å². The zero-order chi connectivity index (χ0) is 17.6. The van der Waals surface area contributed by atoms with Crippen LogP contribution in [0.25, 0.3) is 0 Å². The van der Waals surface area contributed by atoms with E-state index in [4.69, 9.17) is 9.84 Å². The average Bonchev–Trinajstić information content (AvgIpc) is 2.64. The van der Waals surface area contributed by atoms with Gasteiger partial charge in [0.25, 0.3) is 0 Å². The van der Waals surface area contributed by atoms with Gasteiger partial charge < -0.3 is 20.1 Å². The average molecular weight is 346 g/mol. The summed E-state index contributed by atoms with van der Waals surface area (Å²) in [5.74, 6) is 0.835. The molecule has 25 heavy (non-hydrogen) atoms. The monoisotopic (exact) mass is 346 g/mol. The number of piperidine rings is 1. The third kappa shape index (κ3) is 4.42. The Hall–Kier alpha value is -2.74. The fourth-order valence-corrected chi connectivity index (χ4v) is 2.65. The zero-order valence-electron chi connectivity index (χ0n) is 13.5. The van der Waals surface area contributed by atoms with Crippen molar-refractivity contribution in [2.75, 3.05) is 24.6 Å². The van der Waals surface area contributed by atoms with Crippen molar-refractivity contribution in [1.29, 1.82) is 0 Å². The van der Waals surface area contributed by atoms with Crippen molar-refractivity contribution in [2.24, 2.45) is 0 Å². The van der Waals surface area contributed by atoms with Gasteiger partial charge in [-0.15, -0.1) is 0 Å². The molecule has 2 atom stereocenters. The lowest BCUT2D eigenvalue weighted by Gasteiger charge is -2.34. The van der Waals surface area contributed by atoms with E-state index in [1.165, 1.54) is 0 Å². The third-order valence-electron chi connectivity index (χ3n) is 3.90. The first-order valence-corrected chi connectivity index (χ1v) is 8.01. The smallest absolute Gasteiger partial charge is 0.246 e. The van der Waals surface area contributed by atoms with Crippen LogP contribution in [0.2, 0.25) is 0 Å². The number of nitrogens with zero attached hydrogens (tertiary/aromatic N) is 3. The summed E-state index contributed by atoms with van der Waals surface area (Å²) >= 11 is 0. The van der Waals surface area contributed by atoms with E-state index < -0.39 is 24.7 Å². The van der Waals surface area contributed by atoms with E-state index in [1.807, 2.05) is 30.3 Å². The van der Waals surface area contributed by atoms with Crippen molar-refractivity contribution >= 4 is 11.9 Å². The Kier molecular flexibility index (Phi) is 5.39. The quantitative estimate of drug-likeness (QED) is 0.848. The van der Waals surface area contributed by atoms with Gasteiger partial charge >= 0.3 is 0 Å². The lowest BCUT2D eigenvalue weighted by Crippen LogP contribution is -2.53. The van der Waals surface area contributed by atoms with E-state index in [0.717, 1.165) is 0 Å². The predicted octanol–water partition coefficient (Wildman–Crippen LogP) is 1.29. The third-order valence-corrected chi connectivity index (χ3v) is 3.90. The van der Waals surface area contributed by atoms with Crippen LogP contribution in [0.5, 0.6) is 11.6 Å². The lowest BCUT2D eigenvalue weighted by atomic mass is 10.0. The van der Waals surface area contributed by atoms with E-state index in [-0.39, 0.29) is 6.54 Å². The second kappa shape index (κ2) is 7.89. The highest BCUT2D eigenvalue weighted by Gasteiger charge is 2.31. The molecule has 1 fully saturated rings. The highest BCUT2D eigenvalue weighted by atomic mass is 19.1. The summed E-state index contributed by atoms with van der Waals surface area (Å²) in [6, 6.07) is 10.3. The number of hydrogen-bond donors (Lipinski definition) is 2. The number of carbonyl (C=O) groups is 1. The number of nitrogens with one attached hydrogen (secondary N) is 1. The van der Waals surface area contributed by atoms with E-state index in [9.17, 15) is 9.18 Å². The Morgan fingerprint density at radius 3 is 2.88 bits per heavy atom. The molecular formula is C17H19FN4O3. The number of carbonyl (C=O) groups excluding carboxylic acids is 1. The molecule has 1 saturated heterocycles. The number of benzene rings is 1. The lowest BCUT2D eigenvalue weighted by molar-refractivity contribution is -0.125. The van der Waals surface area contributed by atoms with Crippen molar-refractivity contribution in [3.05, 3.63) is 42.6 Å². The van der Waals surface area contributed by atoms with Crippen LogP contribution in [0, 0.1) is 0 Å². The van der Waals surface area contributed by atoms with E-state index in [0.29, 0.717) is 30.5 Å². The molecule has 2 aromatic rings. The molecule has 1 amide bonds. The molecule has 2 unspecified atom stereocenters. The first-order valence-electron chi connectivity index (χ1n) is 8.01. The van der Waals surface area contributed by atoms with Crippen LogP contribution in [-0.4, -0.2) is 52.9 Å². The first kappa shape index (κ1) is 17.1. The molecular weight excluding hydrogens is 327 g/mol. The zero-order valence-corrected chi connectivity index (χ0v) is 13.5. The Balaban J connectivity index is 1.65. The largest absolute Gasteiger partial charge is 0.439 e. The van der Waals surface area contributed by atoms with Crippen LogP contribution in [-0.2, 0) is 4.79 Å². The molecule has 0 radical (unpaired) electrons. The van der Waals surface area contributed by atoms with Gasteiger partial charge in [-0.25, -0.2) is 9.37 Å². The number of rotatable bonds is 5. The summed E-state index contributed by atoms with van der Waals surface area (Å²) in [7, 11) is 0. The minimum Gasteiger partial charge on any atom is -0.439 e. The molecule has 0 bridgehead atoms. The minimum atomic E-state index is -1.27. The number of aromatic nitrogens is 2. The fraction of sp³-hybridized carbons (Fsp3) is 0.353. The number of alkyl halides is 1. The van der Waals surface area contributed by atoms with Gasteiger partial charge in [-0.2, -0.15) is 4.98 Å². The fourth-order valence-electron chi connectivity index (χ4n) is 2.65. The number of aliphatic hydroxyl groups is 1. The van der Waals surface area contributed by atoms with Crippen molar-refractivity contribution in [2.45, 2.75) is 18.6 Å². The summed E-state index contributed by atoms with van der Waals surface area (Å²) in [5.41, 5.74) is 0. The van der Waals surface area contributed by atoms with E-state index in [2.05, 4.69) is 15.3 Å². The Bertz CT molecular complexity index is 716. The molecule has 132 valence electrons. The molecule has 2 N–H and O–H groups in total. The number of halogens is 1. The molecule has 2 heterocycles. The molecule has 0 saturated carbocycles. The number of aliphatic hydroxyl groups excluding tert-OH is 1. The number of anilines is 1. The van der Waals surface area contributed by atoms with E-state index in [1.54, 1.807) is 17.2 Å². The Morgan fingerprint density at radius 1 is 1.36 bits per heavy atom. The first-order chi connectivity index (χ1) is 12.2. The summed E-state index contributed by atoms with van der Waals surface area (Å²) in [4.78, 5) is 21.4. The second-order valence-corrected chi connectivity index (χ2v) is 5.69. The highest BCUT2D eigenvalue weighted by Crippen LogP contribution is 2.23. The number of ether oxygens (including phenoxy) is 1. The van der Waals surface area contributed by atoms with Crippen molar-refractivity contribution in [3.63, 3.8) is 0 Å². The van der Waals surface area contributed by atoms with Gasteiger partial charge in [0.05, 0.1) is 12.6 Å². The molecule has 7 nitrogen and oxygen atoms in total. The second-order valence-electron chi connectivity index (χ2n) is 5.69. The number of hydrogen-bond acceptors (Lipinski definition) is 6. The summed E-state index contributed by atoms with van der Waals surface area (Å²) in [6.07, 6.45) is 0.694. The van der Waals surface area contributed by atoms with Crippen LogP contribution in [0.4, 0.5) is 10.3 Å². The number of para-hydroxylation sites is 1. The minimum absolute atomic E-state index is 0.0607. The predicted molar refractivity (Wildman–Crippen MR) is 89.3 cm³/mol. The van der Waals surface area contributed by atoms with Crippen LogP contribution < -0.4 is 15.0 Å². The molecule has 0 spiro atoms. The molecule has 1 aromatic carbocycles. The molecule has 3 rings (SSSR count). The Morgan fingerprint density at radius 2 is 2.16 bits per heavy atom. The summed E-state index contributed by atoms with van der Waals surface area (Å²) < 4.78 is 20.0. The van der Waals surface area contributed by atoms with Gasteiger partial charge in [-0.05, 0) is 18.6 Å². The van der Waals surface area contributed by atoms with Crippen LogP contribution >= 0.6 is 0 Å².